The monoisotopic (exact) mass is 677 g/mol. The van der Waals surface area contributed by atoms with Crippen molar-refractivity contribution in [3.8, 4) is 0 Å². The number of morpholine rings is 1. The summed E-state index contributed by atoms with van der Waals surface area (Å²) in [4.78, 5) is 49.3. The molecule has 238 valence electrons. The minimum atomic E-state index is -2.17. The molecule has 0 saturated carbocycles. The van der Waals surface area contributed by atoms with Gasteiger partial charge in [0.15, 0.2) is 25.2 Å². The number of hydrogen-bond donors (Lipinski definition) is 2. The zero-order valence-corrected chi connectivity index (χ0v) is 26.6. The van der Waals surface area contributed by atoms with Crippen LogP contribution in [0, 0.1) is 0 Å². The third-order valence-corrected chi connectivity index (χ3v) is 10.2. The van der Waals surface area contributed by atoms with Gasteiger partial charge in [0, 0.05) is 41.6 Å². The number of aliphatic carboxylic acids is 1. The van der Waals surface area contributed by atoms with Gasteiger partial charge < -0.3 is 29.5 Å². The molecule has 3 aliphatic heterocycles. The van der Waals surface area contributed by atoms with E-state index in [4.69, 9.17) is 14.3 Å². The number of anilines is 1. The number of carbonyl (C=O) groups excluding carboxylic acids is 3. The van der Waals surface area contributed by atoms with Gasteiger partial charge in [-0.05, 0) is 16.2 Å². The molecule has 2 amide bonds. The molecule has 0 aliphatic carbocycles. The lowest BCUT2D eigenvalue weighted by Gasteiger charge is -2.50. The van der Waals surface area contributed by atoms with Crippen molar-refractivity contribution >= 4 is 60.0 Å². The van der Waals surface area contributed by atoms with E-state index in [0.717, 1.165) is 16.4 Å². The fraction of sp³-hybridized carbons (Fsp3) is 0.423. The smallest absolute Gasteiger partial charge is 0.543 e. The van der Waals surface area contributed by atoms with Crippen molar-refractivity contribution in [3.63, 3.8) is 0 Å². The van der Waals surface area contributed by atoms with Crippen LogP contribution in [0.2, 0.25) is 0 Å². The molecule has 3 unspecified atom stereocenters. The first kappa shape index (κ1) is 32.6. The van der Waals surface area contributed by atoms with Crippen LogP contribution in [0.5, 0.6) is 0 Å². The molecule has 0 aromatic carbocycles. The van der Waals surface area contributed by atoms with E-state index in [0.29, 0.717) is 31.1 Å². The number of nitrogens with one attached hydrogen (secondary N) is 2. The number of hydrogen-bond acceptors (Lipinski definition) is 13. The molecule has 2 fully saturated rings. The van der Waals surface area contributed by atoms with Gasteiger partial charge in [0.1, 0.15) is 18.0 Å². The number of rotatable bonds is 14. The molecule has 2 aromatic heterocycles. The van der Waals surface area contributed by atoms with Gasteiger partial charge in [-0.3, -0.25) is 14.5 Å². The molecule has 5 rings (SSSR count). The van der Waals surface area contributed by atoms with E-state index < -0.39 is 43.5 Å². The van der Waals surface area contributed by atoms with Crippen molar-refractivity contribution in [2.24, 2.45) is 5.16 Å². The fourth-order valence-electron chi connectivity index (χ4n) is 4.72. The Morgan fingerprint density at radius 2 is 2.16 bits per heavy atom. The summed E-state index contributed by atoms with van der Waals surface area (Å²) in [6.07, 6.45) is 4.51. The Bertz CT molecular complexity index is 1520. The third-order valence-electron chi connectivity index (χ3n) is 6.72. The van der Waals surface area contributed by atoms with Gasteiger partial charge in [-0.25, -0.2) is 4.57 Å². The van der Waals surface area contributed by atoms with Gasteiger partial charge in [-0.15, -0.1) is 16.8 Å². The highest BCUT2D eigenvalue weighted by Gasteiger charge is 2.53. The predicted octanol–water partition coefficient (Wildman–Crippen LogP) is -0.399. The zero-order valence-electron chi connectivity index (χ0n) is 24.1. The van der Waals surface area contributed by atoms with Crippen molar-refractivity contribution in [1.82, 2.24) is 24.2 Å². The van der Waals surface area contributed by atoms with Crippen molar-refractivity contribution < 1.29 is 42.9 Å². The summed E-state index contributed by atoms with van der Waals surface area (Å²) in [6.45, 7) is 7.05. The second kappa shape index (κ2) is 15.0. The summed E-state index contributed by atoms with van der Waals surface area (Å²) in [5.41, 5.74) is -0.0224. The Morgan fingerprint density at radius 3 is 2.89 bits per heavy atom. The van der Waals surface area contributed by atoms with E-state index in [1.807, 2.05) is 25.1 Å². The molecule has 45 heavy (non-hydrogen) atoms. The van der Waals surface area contributed by atoms with Crippen LogP contribution >= 0.6 is 31.4 Å². The van der Waals surface area contributed by atoms with Gasteiger partial charge in [-0.1, -0.05) is 23.9 Å². The van der Waals surface area contributed by atoms with Crippen LogP contribution in [0.1, 0.15) is 12.7 Å². The standard InChI is InChI=1S/C26H29N8O8PS2/c1-3-11-42-29-18(21-28-26(45-31-21)30-43(39)33-10-12-40-14-17(33)41-4-2)22(35)27-19-23(36)34-20(25(37)38)16(15-44-24(19)34)13-32-8-6-5-7-9-32/h3,5-9,17,19,24H,1,4,10-15H2,2H3,(H-2,27,28,30,31,35,37,38,39)/p+1/t17?,19?,24-/m0/s1. The predicted molar refractivity (Wildman–Crippen MR) is 160 cm³/mol. The van der Waals surface area contributed by atoms with Crippen molar-refractivity contribution in [3.05, 3.63) is 60.3 Å². The van der Waals surface area contributed by atoms with Crippen LogP contribution in [-0.4, -0.2) is 98.8 Å². The molecule has 0 radical (unpaired) electrons. The quantitative estimate of drug-likeness (QED) is 0.0500. The number of aromatic nitrogens is 3. The average molecular weight is 678 g/mol. The van der Waals surface area contributed by atoms with Crippen LogP contribution < -0.4 is 20.1 Å². The van der Waals surface area contributed by atoms with Crippen molar-refractivity contribution in [2.75, 3.05) is 43.8 Å². The number of carboxylic acids is 1. The number of oxime groups is 1. The third kappa shape index (κ3) is 7.37. The summed E-state index contributed by atoms with van der Waals surface area (Å²) in [6, 6.07) is 4.42. The van der Waals surface area contributed by atoms with Crippen LogP contribution in [0.25, 0.3) is 0 Å². The number of fused-ring (bicyclic) bond motifs is 1. The minimum Gasteiger partial charge on any atom is -0.543 e. The molecule has 0 bridgehead atoms. The summed E-state index contributed by atoms with van der Waals surface area (Å²) < 4.78 is 31.7. The van der Waals surface area contributed by atoms with E-state index >= 15 is 0 Å². The maximum Gasteiger partial charge on any atom is 0.569 e. The van der Waals surface area contributed by atoms with E-state index in [-0.39, 0.29) is 42.1 Å². The maximum atomic E-state index is 13.4. The molecular formula is C26H30N8O8PS2+. The van der Waals surface area contributed by atoms with Gasteiger partial charge in [0.2, 0.25) is 16.7 Å². The van der Waals surface area contributed by atoms with Crippen LogP contribution in [0.3, 0.4) is 0 Å². The number of carboxylic acid groups (broad SMARTS) is 1. The number of ether oxygens (including phenoxy) is 2. The van der Waals surface area contributed by atoms with Crippen LogP contribution in [0.15, 0.2) is 59.7 Å². The zero-order chi connectivity index (χ0) is 31.9. The number of β-lactam (4-membered cyclic amide) rings is 1. The number of nitrogens with zero attached hydrogens (tertiary/aromatic N) is 6. The normalized spacial score (nSPS) is 22.3. The molecular weight excluding hydrogens is 647 g/mol. The molecule has 3 aliphatic rings. The summed E-state index contributed by atoms with van der Waals surface area (Å²) >= 11 is 2.17. The number of pyridine rings is 1. The molecule has 2 N–H and O–H groups in total. The Morgan fingerprint density at radius 1 is 1.36 bits per heavy atom. The van der Waals surface area contributed by atoms with Gasteiger partial charge >= 0.3 is 8.10 Å². The lowest BCUT2D eigenvalue weighted by Crippen LogP contribution is -2.71. The molecule has 2 aromatic rings. The van der Waals surface area contributed by atoms with E-state index in [2.05, 4.69) is 31.5 Å². The molecule has 5 heterocycles. The molecule has 16 nitrogen and oxygen atoms in total. The van der Waals surface area contributed by atoms with Gasteiger partial charge in [0.25, 0.3) is 11.8 Å². The van der Waals surface area contributed by atoms with Gasteiger partial charge in [-0.2, -0.15) is 9.36 Å². The Balaban J connectivity index is 1.29. The fourth-order valence-corrected chi connectivity index (χ4v) is 7.85. The first-order chi connectivity index (χ1) is 21.8. The van der Waals surface area contributed by atoms with Crippen LogP contribution in [-0.2, 0) is 39.8 Å². The second-order valence-corrected chi connectivity index (χ2v) is 12.8. The lowest BCUT2D eigenvalue weighted by molar-refractivity contribution is -0.689. The first-order valence-electron chi connectivity index (χ1n) is 13.8. The Labute approximate surface area is 267 Å². The van der Waals surface area contributed by atoms with Crippen LogP contribution in [0.4, 0.5) is 5.13 Å². The second-order valence-electron chi connectivity index (χ2n) is 9.63. The Kier molecular flexibility index (Phi) is 10.9. The highest BCUT2D eigenvalue weighted by molar-refractivity contribution is 8.00. The van der Waals surface area contributed by atoms with E-state index in [9.17, 15) is 24.1 Å². The SMILES string of the molecule is C=CCON=C(C(=O)NC1C(=O)N2C(C(=O)[O-])=C(C[n+]3ccccc3)CS[C@@H]12)c1nsc(N[P+](=O)N2CCOCC2OCC)n1. The van der Waals surface area contributed by atoms with Crippen molar-refractivity contribution in [2.45, 2.75) is 31.1 Å². The largest absolute Gasteiger partial charge is 0.569 e. The van der Waals surface area contributed by atoms with Crippen molar-refractivity contribution in [1.29, 1.82) is 0 Å². The number of thioether (sulfide) groups is 1. The summed E-state index contributed by atoms with van der Waals surface area (Å²) in [5.74, 6) is -2.72. The molecule has 19 heteroatoms. The lowest BCUT2D eigenvalue weighted by atomic mass is 10.0. The summed E-state index contributed by atoms with van der Waals surface area (Å²) in [7, 11) is -2.17. The van der Waals surface area contributed by atoms with E-state index in [1.54, 1.807) is 21.6 Å². The molecule has 4 atom stereocenters. The average Bonchev–Trinajstić information content (AvgIpc) is 3.50. The highest BCUT2D eigenvalue weighted by Crippen LogP contribution is 2.40. The minimum absolute atomic E-state index is 0.0235. The molecule has 2 saturated heterocycles. The molecule has 0 spiro atoms. The maximum absolute atomic E-state index is 13.4. The Hall–Kier alpha value is -3.80. The summed E-state index contributed by atoms with van der Waals surface area (Å²) in [5, 5.41) is 20.9. The van der Waals surface area contributed by atoms with Gasteiger partial charge in [0.05, 0.1) is 31.4 Å². The highest BCUT2D eigenvalue weighted by atomic mass is 32.2. The number of carbonyl (C=O) groups is 3. The van der Waals surface area contributed by atoms with E-state index in [1.165, 1.54) is 17.8 Å². The topological polar surface area (TPSA) is 192 Å². The first-order valence-corrected chi connectivity index (χ1v) is 16.8. The number of amides is 2.